The molecule has 0 N–H and O–H groups in total. The minimum atomic E-state index is -4.49. The summed E-state index contributed by atoms with van der Waals surface area (Å²) in [5.74, 6) is 0.421. The average Bonchev–Trinajstić information content (AvgIpc) is 3.19. The third-order valence-electron chi connectivity index (χ3n) is 5.99. The van der Waals surface area contributed by atoms with E-state index >= 15 is 0 Å². The van der Waals surface area contributed by atoms with Crippen LogP contribution < -0.4 is 4.31 Å². The molecular weight excluding hydrogens is 467 g/mol. The first kappa shape index (κ1) is 24.5. The van der Waals surface area contributed by atoms with Gasteiger partial charge in [0.05, 0.1) is 27.9 Å². The Bertz CT molecular complexity index is 1230. The number of hydrogen-bond donors (Lipinski definition) is 0. The van der Waals surface area contributed by atoms with Crippen LogP contribution in [0.1, 0.15) is 32.3 Å². The highest BCUT2D eigenvalue weighted by Crippen LogP contribution is 2.33. The van der Waals surface area contributed by atoms with Crippen LogP contribution in [0.3, 0.4) is 0 Å². The maximum atomic E-state index is 13.6. The molecule has 1 aliphatic heterocycles. The Morgan fingerprint density at radius 1 is 1.12 bits per heavy atom. The van der Waals surface area contributed by atoms with Crippen molar-refractivity contribution in [2.24, 2.45) is 11.8 Å². The molecule has 0 bridgehead atoms. The molecule has 0 unspecified atom stereocenters. The van der Waals surface area contributed by atoms with E-state index in [-0.39, 0.29) is 23.0 Å². The Morgan fingerprint density at radius 2 is 1.79 bits per heavy atom. The standard InChI is InChI=1S/C24H28F3N3O3S/c1-17(2)15-30(21-5-3-20(4-6-21)24(25,26)27)34(31,32)22-7-8-23-19(13-22)14-28-29(23)16-18-9-11-33-12-10-18/h3-8,13-14,17-18H,9-12,15-16H2,1-2H3. The molecule has 0 amide bonds. The molecule has 0 aliphatic carbocycles. The van der Waals surface area contributed by atoms with Gasteiger partial charge in [0.2, 0.25) is 0 Å². The quantitative estimate of drug-likeness (QED) is 0.444. The molecule has 1 saturated heterocycles. The van der Waals surface area contributed by atoms with Gasteiger partial charge in [0, 0.05) is 31.7 Å². The summed E-state index contributed by atoms with van der Waals surface area (Å²) in [6.07, 6.45) is -0.912. The Kier molecular flexibility index (Phi) is 6.91. The van der Waals surface area contributed by atoms with Crippen LogP contribution in [0.5, 0.6) is 0 Å². The number of alkyl halides is 3. The van der Waals surface area contributed by atoms with Crippen LogP contribution in [-0.2, 0) is 27.5 Å². The van der Waals surface area contributed by atoms with E-state index in [9.17, 15) is 21.6 Å². The first-order valence-electron chi connectivity index (χ1n) is 11.3. The third-order valence-corrected chi connectivity index (χ3v) is 7.78. The van der Waals surface area contributed by atoms with Crippen LogP contribution in [0.4, 0.5) is 18.9 Å². The largest absolute Gasteiger partial charge is 0.416 e. The Labute approximate surface area is 197 Å². The summed E-state index contributed by atoms with van der Waals surface area (Å²) in [5, 5.41) is 5.16. The van der Waals surface area contributed by atoms with Crippen molar-refractivity contribution in [1.29, 1.82) is 0 Å². The molecule has 10 heteroatoms. The van der Waals surface area contributed by atoms with Crippen molar-refractivity contribution in [3.8, 4) is 0 Å². The fourth-order valence-electron chi connectivity index (χ4n) is 4.16. The second-order valence-electron chi connectivity index (χ2n) is 9.08. The lowest BCUT2D eigenvalue weighted by molar-refractivity contribution is -0.137. The highest BCUT2D eigenvalue weighted by molar-refractivity contribution is 7.92. The molecule has 4 rings (SSSR count). The molecule has 34 heavy (non-hydrogen) atoms. The Balaban J connectivity index is 1.65. The second kappa shape index (κ2) is 9.58. The van der Waals surface area contributed by atoms with Gasteiger partial charge in [-0.25, -0.2) is 8.42 Å². The number of hydrogen-bond acceptors (Lipinski definition) is 4. The number of aromatic nitrogens is 2. The Morgan fingerprint density at radius 3 is 2.41 bits per heavy atom. The van der Waals surface area contributed by atoms with E-state index in [4.69, 9.17) is 4.74 Å². The van der Waals surface area contributed by atoms with Crippen molar-refractivity contribution in [3.63, 3.8) is 0 Å². The number of fused-ring (bicyclic) bond motifs is 1. The second-order valence-corrected chi connectivity index (χ2v) is 10.9. The number of rotatable bonds is 7. The van der Waals surface area contributed by atoms with Gasteiger partial charge in [-0.05, 0) is 67.1 Å². The zero-order valence-corrected chi connectivity index (χ0v) is 19.9. The lowest BCUT2D eigenvalue weighted by Crippen LogP contribution is -2.34. The van der Waals surface area contributed by atoms with E-state index in [1.54, 1.807) is 18.3 Å². The van der Waals surface area contributed by atoms with Gasteiger partial charge in [-0.2, -0.15) is 18.3 Å². The van der Waals surface area contributed by atoms with Crippen molar-refractivity contribution in [3.05, 3.63) is 54.2 Å². The van der Waals surface area contributed by atoms with Crippen LogP contribution in [0.25, 0.3) is 10.9 Å². The van der Waals surface area contributed by atoms with E-state index < -0.39 is 21.8 Å². The monoisotopic (exact) mass is 495 g/mol. The van der Waals surface area contributed by atoms with Gasteiger partial charge in [0.15, 0.2) is 0 Å². The summed E-state index contributed by atoms with van der Waals surface area (Å²) in [5.41, 5.74) is 0.212. The molecule has 6 nitrogen and oxygen atoms in total. The number of sulfonamides is 1. The molecule has 2 aromatic carbocycles. The zero-order chi connectivity index (χ0) is 24.5. The van der Waals surface area contributed by atoms with Crippen molar-refractivity contribution in [2.45, 2.75) is 44.3 Å². The van der Waals surface area contributed by atoms with Crippen LogP contribution in [0, 0.1) is 11.8 Å². The first-order valence-corrected chi connectivity index (χ1v) is 12.7. The van der Waals surface area contributed by atoms with Gasteiger partial charge in [-0.15, -0.1) is 0 Å². The minimum absolute atomic E-state index is 0.0389. The zero-order valence-electron chi connectivity index (χ0n) is 19.1. The summed E-state index contributed by atoms with van der Waals surface area (Å²) < 4.78 is 74.6. The molecule has 184 valence electrons. The van der Waals surface area contributed by atoms with Crippen LogP contribution in [-0.4, -0.2) is 38.0 Å². The summed E-state index contributed by atoms with van der Waals surface area (Å²) in [6, 6.07) is 9.07. The van der Waals surface area contributed by atoms with Crippen molar-refractivity contribution < 1.29 is 26.3 Å². The predicted molar refractivity (Wildman–Crippen MR) is 124 cm³/mol. The summed E-state index contributed by atoms with van der Waals surface area (Å²) in [6.45, 7) is 6.06. The van der Waals surface area contributed by atoms with Crippen molar-refractivity contribution >= 4 is 26.6 Å². The molecule has 1 aromatic heterocycles. The number of nitrogens with zero attached hydrogens (tertiary/aromatic N) is 3. The van der Waals surface area contributed by atoms with E-state index in [1.165, 1.54) is 22.5 Å². The smallest absolute Gasteiger partial charge is 0.381 e. The van der Waals surface area contributed by atoms with Gasteiger partial charge < -0.3 is 4.74 Å². The normalized spacial score (nSPS) is 15.8. The van der Waals surface area contributed by atoms with Crippen LogP contribution >= 0.6 is 0 Å². The van der Waals surface area contributed by atoms with Gasteiger partial charge in [0.1, 0.15) is 0 Å². The lowest BCUT2D eigenvalue weighted by atomic mass is 10.0. The van der Waals surface area contributed by atoms with E-state index in [1.807, 2.05) is 18.5 Å². The molecule has 0 radical (unpaired) electrons. The highest BCUT2D eigenvalue weighted by atomic mass is 32.2. The summed E-state index contributed by atoms with van der Waals surface area (Å²) >= 11 is 0. The molecule has 0 spiro atoms. The molecule has 2 heterocycles. The van der Waals surface area contributed by atoms with Gasteiger partial charge in [-0.3, -0.25) is 8.99 Å². The third kappa shape index (κ3) is 5.22. The van der Waals surface area contributed by atoms with Gasteiger partial charge in [-0.1, -0.05) is 13.8 Å². The summed E-state index contributed by atoms with van der Waals surface area (Å²) in [7, 11) is -4.01. The van der Waals surface area contributed by atoms with Gasteiger partial charge in [0.25, 0.3) is 10.0 Å². The number of anilines is 1. The number of halogens is 3. The van der Waals surface area contributed by atoms with E-state index in [0.29, 0.717) is 11.3 Å². The maximum Gasteiger partial charge on any atom is 0.416 e. The molecule has 3 aromatic rings. The van der Waals surface area contributed by atoms with E-state index in [2.05, 4.69) is 5.10 Å². The molecule has 0 saturated carbocycles. The highest BCUT2D eigenvalue weighted by Gasteiger charge is 2.31. The maximum absolute atomic E-state index is 13.6. The molecule has 1 fully saturated rings. The average molecular weight is 496 g/mol. The summed E-state index contributed by atoms with van der Waals surface area (Å²) in [4.78, 5) is 0.0752. The van der Waals surface area contributed by atoms with Gasteiger partial charge >= 0.3 is 6.18 Å². The minimum Gasteiger partial charge on any atom is -0.381 e. The molecule has 1 aliphatic rings. The fraction of sp³-hybridized carbons (Fsp3) is 0.458. The topological polar surface area (TPSA) is 64.4 Å². The van der Waals surface area contributed by atoms with Crippen LogP contribution in [0.15, 0.2) is 53.6 Å². The number of benzene rings is 2. The predicted octanol–water partition coefficient (Wildman–Crippen LogP) is 5.33. The SMILES string of the molecule is CC(C)CN(c1ccc(C(F)(F)F)cc1)S(=O)(=O)c1ccc2c(cnn2CC2CCOCC2)c1. The molecule has 0 atom stereocenters. The lowest BCUT2D eigenvalue weighted by Gasteiger charge is -2.26. The van der Waals surface area contributed by atoms with Crippen molar-refractivity contribution in [2.75, 3.05) is 24.1 Å². The fourth-order valence-corrected chi connectivity index (χ4v) is 5.83. The van der Waals surface area contributed by atoms with Crippen LogP contribution in [0.2, 0.25) is 0 Å². The first-order chi connectivity index (χ1) is 16.1. The van der Waals surface area contributed by atoms with E-state index in [0.717, 1.165) is 50.2 Å². The molecular formula is C24H28F3N3O3S. The number of ether oxygens (including phenoxy) is 1. The Hall–Kier alpha value is -2.59. The van der Waals surface area contributed by atoms with Crippen molar-refractivity contribution in [1.82, 2.24) is 9.78 Å².